The Morgan fingerprint density at radius 2 is 2.22 bits per heavy atom. The number of anilines is 1. The Labute approximate surface area is 162 Å². The minimum atomic E-state index is 0.280. The van der Waals surface area contributed by atoms with E-state index < -0.39 is 0 Å². The van der Waals surface area contributed by atoms with E-state index in [9.17, 15) is 0 Å². The molecule has 150 valence electrons. The average Bonchev–Trinajstić information content (AvgIpc) is 3.40. The fourth-order valence-electron chi connectivity index (χ4n) is 3.33. The molecule has 0 aliphatic carbocycles. The summed E-state index contributed by atoms with van der Waals surface area (Å²) < 4.78 is 11.1. The van der Waals surface area contributed by atoms with Gasteiger partial charge in [0.1, 0.15) is 5.82 Å². The predicted octanol–water partition coefficient (Wildman–Crippen LogP) is 1.93. The molecule has 0 radical (unpaired) electrons. The monoisotopic (exact) mass is 375 g/mol. The lowest BCUT2D eigenvalue weighted by atomic mass is 10.3. The number of nitrogens with one attached hydrogen (secondary N) is 2. The number of ether oxygens (including phenoxy) is 2. The number of aromatic nitrogens is 1. The van der Waals surface area contributed by atoms with Crippen molar-refractivity contribution < 1.29 is 9.47 Å². The van der Waals surface area contributed by atoms with Gasteiger partial charge in [-0.15, -0.1) is 0 Å². The van der Waals surface area contributed by atoms with E-state index >= 15 is 0 Å². The van der Waals surface area contributed by atoms with Crippen LogP contribution in [0.15, 0.2) is 23.3 Å². The van der Waals surface area contributed by atoms with Crippen molar-refractivity contribution in [1.82, 2.24) is 15.6 Å². The Bertz CT molecular complexity index is 566. The van der Waals surface area contributed by atoms with Crippen LogP contribution < -0.4 is 15.5 Å². The lowest BCUT2D eigenvalue weighted by Crippen LogP contribution is -2.38. The van der Waals surface area contributed by atoms with Gasteiger partial charge in [0, 0.05) is 45.6 Å². The van der Waals surface area contributed by atoms with E-state index in [1.54, 1.807) is 0 Å². The van der Waals surface area contributed by atoms with Crippen LogP contribution in [0.4, 0.5) is 5.82 Å². The zero-order valence-corrected chi connectivity index (χ0v) is 16.5. The molecule has 1 atom stereocenters. The molecule has 2 aliphatic heterocycles. The smallest absolute Gasteiger partial charge is 0.191 e. The van der Waals surface area contributed by atoms with E-state index in [0.29, 0.717) is 6.54 Å². The Hall–Kier alpha value is -1.86. The second kappa shape index (κ2) is 11.1. The lowest BCUT2D eigenvalue weighted by Gasteiger charge is -2.16. The van der Waals surface area contributed by atoms with Crippen LogP contribution in [0.5, 0.6) is 0 Å². The third-order valence-corrected chi connectivity index (χ3v) is 4.86. The molecular weight excluding hydrogens is 342 g/mol. The van der Waals surface area contributed by atoms with Gasteiger partial charge in [-0.3, -0.25) is 0 Å². The Balaban J connectivity index is 1.39. The first-order valence-corrected chi connectivity index (χ1v) is 10.3. The van der Waals surface area contributed by atoms with Crippen LogP contribution in [0.1, 0.15) is 38.2 Å². The van der Waals surface area contributed by atoms with Crippen molar-refractivity contribution >= 4 is 11.8 Å². The molecule has 0 saturated carbocycles. The molecule has 1 aromatic rings. The van der Waals surface area contributed by atoms with Crippen molar-refractivity contribution in [2.45, 2.75) is 45.3 Å². The topological polar surface area (TPSA) is 71.0 Å². The van der Waals surface area contributed by atoms with Crippen molar-refractivity contribution in [3.63, 3.8) is 0 Å². The van der Waals surface area contributed by atoms with Crippen molar-refractivity contribution in [2.24, 2.45) is 4.99 Å². The molecular formula is C20H33N5O2. The highest BCUT2D eigenvalue weighted by atomic mass is 16.5. The minimum Gasteiger partial charge on any atom is -0.379 e. The number of nitrogens with zero attached hydrogens (tertiary/aromatic N) is 3. The third kappa shape index (κ3) is 6.66. The van der Waals surface area contributed by atoms with Gasteiger partial charge in [0.25, 0.3) is 0 Å². The molecule has 0 spiro atoms. The van der Waals surface area contributed by atoms with Crippen molar-refractivity contribution in [1.29, 1.82) is 0 Å². The Morgan fingerprint density at radius 1 is 1.33 bits per heavy atom. The van der Waals surface area contributed by atoms with Gasteiger partial charge in [-0.2, -0.15) is 0 Å². The second-order valence-corrected chi connectivity index (χ2v) is 7.05. The van der Waals surface area contributed by atoms with Gasteiger partial charge in [0.05, 0.1) is 19.3 Å². The maximum absolute atomic E-state index is 5.79. The Kier molecular flexibility index (Phi) is 8.17. The first-order valence-electron chi connectivity index (χ1n) is 10.3. The molecule has 7 heteroatoms. The van der Waals surface area contributed by atoms with E-state index in [4.69, 9.17) is 9.47 Å². The number of hydrogen-bond donors (Lipinski definition) is 2. The molecule has 2 aliphatic rings. The summed E-state index contributed by atoms with van der Waals surface area (Å²) in [5.74, 6) is 1.92. The molecule has 3 rings (SSSR count). The van der Waals surface area contributed by atoms with Crippen LogP contribution in [0, 0.1) is 0 Å². The van der Waals surface area contributed by atoms with Crippen LogP contribution in [0.3, 0.4) is 0 Å². The van der Waals surface area contributed by atoms with E-state index in [-0.39, 0.29) is 6.10 Å². The normalized spacial score (nSPS) is 20.3. The molecule has 0 bridgehead atoms. The minimum absolute atomic E-state index is 0.280. The fraction of sp³-hybridized carbons (Fsp3) is 0.700. The average molecular weight is 376 g/mol. The van der Waals surface area contributed by atoms with E-state index in [1.807, 2.05) is 6.20 Å². The molecule has 3 heterocycles. The molecule has 0 aromatic carbocycles. The van der Waals surface area contributed by atoms with Gasteiger partial charge in [-0.05, 0) is 44.2 Å². The van der Waals surface area contributed by atoms with Gasteiger partial charge >= 0.3 is 0 Å². The lowest BCUT2D eigenvalue weighted by molar-refractivity contribution is 0.0420. The van der Waals surface area contributed by atoms with Gasteiger partial charge in [-0.1, -0.05) is 6.07 Å². The molecule has 2 fully saturated rings. The Morgan fingerprint density at radius 3 is 2.93 bits per heavy atom. The number of pyridine rings is 1. The zero-order valence-electron chi connectivity index (χ0n) is 16.5. The second-order valence-electron chi connectivity index (χ2n) is 7.05. The van der Waals surface area contributed by atoms with Crippen molar-refractivity contribution in [2.75, 3.05) is 50.9 Å². The summed E-state index contributed by atoms with van der Waals surface area (Å²) in [6.07, 6.45) is 6.73. The number of rotatable bonds is 9. The summed E-state index contributed by atoms with van der Waals surface area (Å²) in [6.45, 7) is 8.94. The molecule has 2 N–H and O–H groups in total. The summed E-state index contributed by atoms with van der Waals surface area (Å²) in [5, 5.41) is 6.66. The van der Waals surface area contributed by atoms with Crippen molar-refractivity contribution in [3.8, 4) is 0 Å². The van der Waals surface area contributed by atoms with Crippen LogP contribution in [-0.4, -0.2) is 63.0 Å². The van der Waals surface area contributed by atoms with Crippen LogP contribution in [0.2, 0.25) is 0 Å². The highest BCUT2D eigenvalue weighted by Gasteiger charge is 2.15. The summed E-state index contributed by atoms with van der Waals surface area (Å²) >= 11 is 0. The third-order valence-electron chi connectivity index (χ3n) is 4.86. The maximum Gasteiger partial charge on any atom is 0.191 e. The van der Waals surface area contributed by atoms with Crippen LogP contribution >= 0.6 is 0 Å². The van der Waals surface area contributed by atoms with Crippen LogP contribution in [0.25, 0.3) is 0 Å². The van der Waals surface area contributed by atoms with Crippen molar-refractivity contribution in [3.05, 3.63) is 23.9 Å². The van der Waals surface area contributed by atoms with E-state index in [0.717, 1.165) is 76.2 Å². The summed E-state index contributed by atoms with van der Waals surface area (Å²) in [6, 6.07) is 4.24. The van der Waals surface area contributed by atoms with Crippen LogP contribution in [-0.2, 0) is 16.0 Å². The van der Waals surface area contributed by atoms with Gasteiger partial charge < -0.3 is 25.0 Å². The standard InChI is InChI=1S/C20H33N5O2/c1-2-21-20(22-9-5-12-27-18-8-13-26-16-18)24-15-17-6-7-19(23-14-17)25-10-3-4-11-25/h6-7,14,18H,2-5,8-13,15-16H2,1H3,(H2,21,22,24). The predicted molar refractivity (Wildman–Crippen MR) is 108 cm³/mol. The highest BCUT2D eigenvalue weighted by Crippen LogP contribution is 2.17. The fourth-order valence-corrected chi connectivity index (χ4v) is 3.33. The molecule has 1 aromatic heterocycles. The summed E-state index contributed by atoms with van der Waals surface area (Å²) in [5.41, 5.74) is 1.12. The molecule has 7 nitrogen and oxygen atoms in total. The summed E-state index contributed by atoms with van der Waals surface area (Å²) in [7, 11) is 0. The molecule has 0 amide bonds. The largest absolute Gasteiger partial charge is 0.379 e. The number of guanidine groups is 1. The first kappa shape index (κ1) is 19.9. The molecule has 2 saturated heterocycles. The molecule has 27 heavy (non-hydrogen) atoms. The maximum atomic E-state index is 5.79. The SMILES string of the molecule is CCNC(=NCc1ccc(N2CCCC2)nc1)NCCCOC1CCOC1. The number of hydrogen-bond acceptors (Lipinski definition) is 5. The number of aliphatic imine (C=N–C) groups is 1. The summed E-state index contributed by atoms with van der Waals surface area (Å²) in [4.78, 5) is 11.6. The van der Waals surface area contributed by atoms with E-state index in [1.165, 1.54) is 12.8 Å². The van der Waals surface area contributed by atoms with Gasteiger partial charge in [-0.25, -0.2) is 9.98 Å². The zero-order chi connectivity index (χ0) is 18.7. The van der Waals surface area contributed by atoms with Gasteiger partial charge in [0.2, 0.25) is 0 Å². The quantitative estimate of drug-likeness (QED) is 0.390. The van der Waals surface area contributed by atoms with Gasteiger partial charge in [0.15, 0.2) is 5.96 Å². The van der Waals surface area contributed by atoms with E-state index in [2.05, 4.69) is 44.6 Å². The first-order chi connectivity index (χ1) is 13.3. The molecule has 1 unspecified atom stereocenters. The highest BCUT2D eigenvalue weighted by molar-refractivity contribution is 5.79.